The number of nitriles is 1. The third-order valence-corrected chi connectivity index (χ3v) is 8.56. The lowest BCUT2D eigenvalue weighted by Crippen LogP contribution is -2.45. The molecular weight excluding hydrogens is 627 g/mol. The van der Waals surface area contributed by atoms with Gasteiger partial charge in [-0.1, -0.05) is 62.2 Å². The molecule has 0 aromatic heterocycles. The van der Waals surface area contributed by atoms with Crippen LogP contribution in [0.15, 0.2) is 48.5 Å². The Labute approximate surface area is 269 Å². The fourth-order valence-corrected chi connectivity index (χ4v) is 6.63. The highest BCUT2D eigenvalue weighted by atomic mass is 35.5. The molecule has 0 aliphatic carbocycles. The van der Waals surface area contributed by atoms with Crippen molar-refractivity contribution in [1.29, 1.82) is 5.26 Å². The molecule has 1 unspecified atom stereocenters. The Morgan fingerprint density at radius 2 is 1.87 bits per heavy atom. The number of hydrogen-bond donors (Lipinski definition) is 4. The van der Waals surface area contributed by atoms with Crippen LogP contribution in [0.25, 0.3) is 0 Å². The lowest BCUT2D eigenvalue weighted by Gasteiger charge is -2.37. The van der Waals surface area contributed by atoms with Crippen molar-refractivity contribution in [3.63, 3.8) is 0 Å². The molecule has 45 heavy (non-hydrogen) atoms. The molecule has 8 nitrogen and oxygen atoms in total. The first-order valence-corrected chi connectivity index (χ1v) is 14.8. The van der Waals surface area contributed by atoms with Crippen molar-refractivity contribution in [3.8, 4) is 11.8 Å². The van der Waals surface area contributed by atoms with Gasteiger partial charge in [-0.25, -0.2) is 13.6 Å². The first-order valence-electron chi connectivity index (χ1n) is 14.1. The Bertz CT molecular complexity index is 1690. The molecule has 5 atom stereocenters. The van der Waals surface area contributed by atoms with Crippen molar-refractivity contribution in [3.05, 3.63) is 92.5 Å². The fourth-order valence-electron chi connectivity index (χ4n) is 6.29. The zero-order valence-corrected chi connectivity index (χ0v) is 26.7. The van der Waals surface area contributed by atoms with Gasteiger partial charge >= 0.3 is 5.97 Å². The summed E-state index contributed by atoms with van der Waals surface area (Å²) in [6.45, 7) is 7.11. The quantitative estimate of drug-likeness (QED) is 0.205. The second-order valence-corrected chi connectivity index (χ2v) is 13.1. The van der Waals surface area contributed by atoms with Gasteiger partial charge in [-0.15, -0.1) is 0 Å². The number of anilines is 1. The molecule has 1 saturated heterocycles. The predicted octanol–water partition coefficient (Wildman–Crippen LogP) is 6.99. The summed E-state index contributed by atoms with van der Waals surface area (Å²) in [7, 11) is 1.25. The average Bonchev–Trinajstić information content (AvgIpc) is 3.26. The molecule has 1 aliphatic heterocycles. The number of carbonyl (C=O) groups is 2. The van der Waals surface area contributed by atoms with Crippen molar-refractivity contribution in [2.45, 2.75) is 63.6 Å². The number of carboxylic acid groups (broad SMARTS) is 1. The van der Waals surface area contributed by atoms with E-state index in [0.717, 1.165) is 6.07 Å². The number of carboxylic acids is 1. The molecule has 0 spiro atoms. The van der Waals surface area contributed by atoms with Crippen LogP contribution in [0.2, 0.25) is 10.0 Å². The van der Waals surface area contributed by atoms with Crippen molar-refractivity contribution < 1.29 is 33.3 Å². The molecule has 0 bridgehead atoms. The monoisotopic (exact) mass is 659 g/mol. The summed E-state index contributed by atoms with van der Waals surface area (Å²) in [6.07, 6.45) is -1.01. The second kappa shape index (κ2) is 12.9. The van der Waals surface area contributed by atoms with E-state index in [1.54, 1.807) is 0 Å². The maximum absolute atomic E-state index is 15.9. The number of amides is 1. The standard InChI is InChI=1S/C33H33Cl2F2N3O5/c1-16(41)25-18(31(43)44)10-12-23(29(25)45-5)39-30(42)28-26(19-7-6-8-21(35)27(19)37)33(15-38,24(40-28)14-32(2,3)4)20-11-9-17(34)13-22(20)36/h6-13,16,24,26,28,40-41H,14H2,1-5H3,(H,39,42)(H,43,44)/t16?,24-,26-,28+,33-/m0/s1. The molecule has 4 N–H and O–H groups in total. The van der Waals surface area contributed by atoms with E-state index >= 15 is 8.78 Å². The van der Waals surface area contributed by atoms with Crippen LogP contribution in [-0.2, 0) is 10.2 Å². The van der Waals surface area contributed by atoms with Crippen LogP contribution >= 0.6 is 23.2 Å². The van der Waals surface area contributed by atoms with Gasteiger partial charge in [0.25, 0.3) is 0 Å². The van der Waals surface area contributed by atoms with Crippen molar-refractivity contribution in [2.24, 2.45) is 5.41 Å². The fraction of sp³-hybridized carbons (Fsp3) is 0.364. The lowest BCUT2D eigenvalue weighted by molar-refractivity contribution is -0.118. The van der Waals surface area contributed by atoms with Crippen LogP contribution in [0.3, 0.4) is 0 Å². The summed E-state index contributed by atoms with van der Waals surface area (Å²) >= 11 is 12.3. The van der Waals surface area contributed by atoms with Crippen molar-refractivity contribution in [1.82, 2.24) is 5.32 Å². The molecular formula is C33H33Cl2F2N3O5. The van der Waals surface area contributed by atoms with Gasteiger partial charge in [0.1, 0.15) is 22.8 Å². The highest BCUT2D eigenvalue weighted by molar-refractivity contribution is 6.31. The maximum Gasteiger partial charge on any atom is 0.336 e. The Kier molecular flexibility index (Phi) is 9.81. The Balaban J connectivity index is 1.97. The minimum Gasteiger partial charge on any atom is -0.494 e. The largest absolute Gasteiger partial charge is 0.494 e. The van der Waals surface area contributed by atoms with E-state index < -0.39 is 58.4 Å². The summed E-state index contributed by atoms with van der Waals surface area (Å²) in [5.74, 6) is -5.14. The predicted molar refractivity (Wildman–Crippen MR) is 167 cm³/mol. The van der Waals surface area contributed by atoms with Crippen LogP contribution in [0.1, 0.15) is 73.2 Å². The van der Waals surface area contributed by atoms with E-state index in [9.17, 15) is 25.1 Å². The highest BCUT2D eigenvalue weighted by Gasteiger charge is 2.61. The molecule has 1 aliphatic rings. The topological polar surface area (TPSA) is 132 Å². The van der Waals surface area contributed by atoms with E-state index in [1.165, 1.54) is 56.5 Å². The van der Waals surface area contributed by atoms with Crippen molar-refractivity contribution >= 4 is 40.8 Å². The van der Waals surface area contributed by atoms with E-state index in [1.807, 2.05) is 20.8 Å². The Morgan fingerprint density at radius 1 is 1.18 bits per heavy atom. The van der Waals surface area contributed by atoms with Gasteiger partial charge in [0, 0.05) is 28.1 Å². The van der Waals surface area contributed by atoms with Gasteiger partial charge in [-0.2, -0.15) is 5.26 Å². The van der Waals surface area contributed by atoms with Crippen LogP contribution in [-0.4, -0.2) is 41.3 Å². The van der Waals surface area contributed by atoms with E-state index in [-0.39, 0.29) is 50.2 Å². The summed E-state index contributed by atoms with van der Waals surface area (Å²) in [6, 6.07) is 10.7. The number of halogens is 4. The first kappa shape index (κ1) is 34.1. The summed E-state index contributed by atoms with van der Waals surface area (Å²) < 4.78 is 37.2. The number of nitrogens with zero attached hydrogens (tertiary/aromatic N) is 1. The number of aromatic carboxylic acids is 1. The lowest BCUT2D eigenvalue weighted by atomic mass is 9.62. The minimum absolute atomic E-state index is 0.0232. The van der Waals surface area contributed by atoms with Crippen molar-refractivity contribution in [2.75, 3.05) is 12.4 Å². The third kappa shape index (κ3) is 6.36. The number of aliphatic hydroxyl groups is 1. The molecule has 3 aromatic rings. The molecule has 4 rings (SSSR count). The molecule has 0 radical (unpaired) electrons. The van der Waals surface area contributed by atoms with Gasteiger partial charge in [0.15, 0.2) is 0 Å². The second-order valence-electron chi connectivity index (χ2n) is 12.3. The van der Waals surface area contributed by atoms with Crippen LogP contribution in [0, 0.1) is 28.4 Å². The summed E-state index contributed by atoms with van der Waals surface area (Å²) in [4.78, 5) is 26.1. The van der Waals surface area contributed by atoms with Gasteiger partial charge in [0.2, 0.25) is 5.91 Å². The van der Waals surface area contributed by atoms with E-state index in [0.29, 0.717) is 0 Å². The molecule has 1 fully saturated rings. The SMILES string of the molecule is COc1c(NC(=O)[C@@H]2N[C@@H](CC(C)(C)C)[C@](C#N)(c3ccc(Cl)cc3F)[C@H]2c2cccc(Cl)c2F)ccc(C(=O)O)c1C(C)O. The highest BCUT2D eigenvalue weighted by Crippen LogP contribution is 2.53. The Morgan fingerprint density at radius 3 is 2.42 bits per heavy atom. The third-order valence-electron chi connectivity index (χ3n) is 8.04. The molecule has 1 heterocycles. The number of rotatable bonds is 8. The Hall–Kier alpha value is -3.75. The maximum atomic E-state index is 15.9. The average molecular weight is 661 g/mol. The molecule has 1 amide bonds. The van der Waals surface area contributed by atoms with Crippen LogP contribution in [0.5, 0.6) is 5.75 Å². The normalized spacial score (nSPS) is 22.0. The number of methoxy groups -OCH3 is 1. The number of nitrogens with one attached hydrogen (secondary N) is 2. The minimum atomic E-state index is -1.84. The summed E-state index contributed by atoms with van der Waals surface area (Å²) in [5.41, 5.74) is -2.71. The number of aliphatic hydroxyl groups excluding tert-OH is 1. The van der Waals surface area contributed by atoms with E-state index in [2.05, 4.69) is 16.7 Å². The number of carbonyl (C=O) groups excluding carboxylic acids is 1. The van der Waals surface area contributed by atoms with Gasteiger partial charge in [0.05, 0.1) is 41.6 Å². The number of ether oxygens (including phenoxy) is 1. The summed E-state index contributed by atoms with van der Waals surface area (Å²) in [5, 5.41) is 36.8. The smallest absolute Gasteiger partial charge is 0.336 e. The molecule has 238 valence electrons. The zero-order chi connectivity index (χ0) is 33.4. The molecule has 12 heteroatoms. The van der Waals surface area contributed by atoms with Gasteiger partial charge in [-0.3, -0.25) is 4.79 Å². The number of hydrogen-bond acceptors (Lipinski definition) is 6. The zero-order valence-electron chi connectivity index (χ0n) is 25.2. The van der Waals surface area contributed by atoms with E-state index in [4.69, 9.17) is 27.9 Å². The van der Waals surface area contributed by atoms with Crippen LogP contribution in [0.4, 0.5) is 14.5 Å². The number of benzene rings is 3. The molecule has 0 saturated carbocycles. The van der Waals surface area contributed by atoms with Crippen LogP contribution < -0.4 is 15.4 Å². The van der Waals surface area contributed by atoms with Gasteiger partial charge < -0.3 is 25.6 Å². The molecule has 3 aromatic carbocycles. The first-order chi connectivity index (χ1) is 21.1. The van der Waals surface area contributed by atoms with Gasteiger partial charge in [-0.05, 0) is 54.7 Å².